The summed E-state index contributed by atoms with van der Waals surface area (Å²) in [5.74, 6) is 0. The minimum atomic E-state index is -0.554. The minimum Gasteiger partial charge on any atom is -0.396 e. The van der Waals surface area contributed by atoms with Gasteiger partial charge in [-0.2, -0.15) is 0 Å². The van der Waals surface area contributed by atoms with Crippen LogP contribution in [0.2, 0.25) is 0 Å². The highest BCUT2D eigenvalue weighted by molar-refractivity contribution is 4.52. The van der Waals surface area contributed by atoms with E-state index < -0.39 is 6.10 Å². The highest BCUT2D eigenvalue weighted by Crippen LogP contribution is 2.10. The number of aliphatic hydroxyl groups is 2. The zero-order chi connectivity index (χ0) is 16.3. The van der Waals surface area contributed by atoms with E-state index in [9.17, 15) is 5.11 Å². The van der Waals surface area contributed by atoms with Crippen LogP contribution in [-0.2, 0) is 9.47 Å². The molecule has 0 saturated carbocycles. The van der Waals surface area contributed by atoms with Crippen molar-refractivity contribution in [3.8, 4) is 0 Å². The largest absolute Gasteiger partial charge is 0.396 e. The van der Waals surface area contributed by atoms with Crippen LogP contribution >= 0.6 is 0 Å². The highest BCUT2D eigenvalue weighted by atomic mass is 16.5. The Bertz CT molecular complexity index is 200. The molecule has 0 radical (unpaired) electrons. The SMILES string of the molecule is CCCCCCCCCCCCOCC(O)COCCCO. The van der Waals surface area contributed by atoms with Crippen LogP contribution in [-0.4, -0.2) is 49.4 Å². The first-order valence-electron chi connectivity index (χ1n) is 9.25. The molecule has 22 heavy (non-hydrogen) atoms. The number of aliphatic hydroxyl groups excluding tert-OH is 2. The zero-order valence-electron chi connectivity index (χ0n) is 14.6. The molecule has 0 rings (SSSR count). The number of ether oxygens (including phenoxy) is 2. The van der Waals surface area contributed by atoms with Crippen molar-refractivity contribution in [2.45, 2.75) is 83.7 Å². The van der Waals surface area contributed by atoms with Gasteiger partial charge in [-0.1, -0.05) is 64.7 Å². The van der Waals surface area contributed by atoms with Crippen molar-refractivity contribution in [1.29, 1.82) is 0 Å². The Hall–Kier alpha value is -0.160. The normalized spacial score (nSPS) is 12.7. The van der Waals surface area contributed by atoms with Gasteiger partial charge in [0, 0.05) is 19.8 Å². The van der Waals surface area contributed by atoms with Crippen LogP contribution in [0, 0.1) is 0 Å². The lowest BCUT2D eigenvalue weighted by atomic mass is 10.1. The summed E-state index contributed by atoms with van der Waals surface area (Å²) in [5.41, 5.74) is 0. The summed E-state index contributed by atoms with van der Waals surface area (Å²) in [5, 5.41) is 18.2. The topological polar surface area (TPSA) is 58.9 Å². The van der Waals surface area contributed by atoms with Crippen molar-refractivity contribution in [3.05, 3.63) is 0 Å². The Morgan fingerprint density at radius 2 is 1.14 bits per heavy atom. The second-order valence-electron chi connectivity index (χ2n) is 6.06. The van der Waals surface area contributed by atoms with E-state index in [2.05, 4.69) is 6.92 Å². The third-order valence-electron chi connectivity index (χ3n) is 3.71. The molecule has 0 fully saturated rings. The van der Waals surface area contributed by atoms with Crippen LogP contribution in [0.15, 0.2) is 0 Å². The molecule has 0 aromatic rings. The van der Waals surface area contributed by atoms with Gasteiger partial charge in [-0.15, -0.1) is 0 Å². The molecule has 4 nitrogen and oxygen atoms in total. The molecule has 2 N–H and O–H groups in total. The maximum absolute atomic E-state index is 9.60. The van der Waals surface area contributed by atoms with E-state index in [0.717, 1.165) is 13.0 Å². The van der Waals surface area contributed by atoms with E-state index in [0.29, 0.717) is 19.6 Å². The first-order valence-corrected chi connectivity index (χ1v) is 9.25. The quantitative estimate of drug-likeness (QED) is 0.378. The van der Waals surface area contributed by atoms with Gasteiger partial charge >= 0.3 is 0 Å². The lowest BCUT2D eigenvalue weighted by Gasteiger charge is -2.11. The molecular formula is C18H38O4. The maximum atomic E-state index is 9.60. The summed E-state index contributed by atoms with van der Waals surface area (Å²) >= 11 is 0. The predicted molar refractivity (Wildman–Crippen MR) is 91.2 cm³/mol. The van der Waals surface area contributed by atoms with E-state index in [1.807, 2.05) is 0 Å². The van der Waals surface area contributed by atoms with Crippen molar-refractivity contribution in [3.63, 3.8) is 0 Å². The Labute approximate surface area is 137 Å². The van der Waals surface area contributed by atoms with Crippen molar-refractivity contribution >= 4 is 0 Å². The molecule has 1 unspecified atom stereocenters. The van der Waals surface area contributed by atoms with Gasteiger partial charge in [0.15, 0.2) is 0 Å². The summed E-state index contributed by atoms with van der Waals surface area (Å²) < 4.78 is 10.6. The standard InChI is InChI=1S/C18H38O4/c1-2-3-4-5-6-7-8-9-10-11-14-21-16-18(20)17-22-15-12-13-19/h18-20H,2-17H2,1H3. The van der Waals surface area contributed by atoms with Crippen LogP contribution in [0.25, 0.3) is 0 Å². The molecule has 0 aliphatic heterocycles. The molecule has 0 bridgehead atoms. The summed E-state index contributed by atoms with van der Waals surface area (Å²) in [4.78, 5) is 0. The molecule has 0 aliphatic carbocycles. The Morgan fingerprint density at radius 3 is 1.64 bits per heavy atom. The molecule has 0 aromatic carbocycles. The number of unbranched alkanes of at least 4 members (excludes halogenated alkanes) is 9. The van der Waals surface area contributed by atoms with Gasteiger partial charge in [-0.25, -0.2) is 0 Å². The highest BCUT2D eigenvalue weighted by Gasteiger charge is 2.04. The van der Waals surface area contributed by atoms with Gasteiger partial charge in [0.05, 0.1) is 13.2 Å². The van der Waals surface area contributed by atoms with E-state index in [4.69, 9.17) is 14.6 Å². The second-order valence-corrected chi connectivity index (χ2v) is 6.06. The van der Waals surface area contributed by atoms with Crippen LogP contribution in [0.3, 0.4) is 0 Å². The second kappa shape index (κ2) is 18.9. The van der Waals surface area contributed by atoms with Crippen LogP contribution in [0.5, 0.6) is 0 Å². The molecule has 0 aromatic heterocycles. The first-order chi connectivity index (χ1) is 10.8. The van der Waals surface area contributed by atoms with E-state index in [1.54, 1.807) is 0 Å². The monoisotopic (exact) mass is 318 g/mol. The van der Waals surface area contributed by atoms with E-state index >= 15 is 0 Å². The molecule has 1 atom stereocenters. The molecule has 0 spiro atoms. The lowest BCUT2D eigenvalue weighted by molar-refractivity contribution is -0.0214. The third kappa shape index (κ3) is 17.9. The van der Waals surface area contributed by atoms with Gasteiger partial charge in [0.2, 0.25) is 0 Å². The third-order valence-corrected chi connectivity index (χ3v) is 3.71. The van der Waals surface area contributed by atoms with E-state index in [1.165, 1.54) is 57.8 Å². The first kappa shape index (κ1) is 21.8. The average Bonchev–Trinajstić information content (AvgIpc) is 2.52. The fourth-order valence-corrected chi connectivity index (χ4v) is 2.35. The lowest BCUT2D eigenvalue weighted by Crippen LogP contribution is -2.22. The van der Waals surface area contributed by atoms with Gasteiger partial charge in [0.25, 0.3) is 0 Å². The Balaban J connectivity index is 3.07. The van der Waals surface area contributed by atoms with Crippen molar-refractivity contribution in [2.75, 3.05) is 33.0 Å². The average molecular weight is 318 g/mol. The minimum absolute atomic E-state index is 0.130. The van der Waals surface area contributed by atoms with Crippen molar-refractivity contribution < 1.29 is 19.7 Å². The molecule has 134 valence electrons. The van der Waals surface area contributed by atoms with E-state index in [-0.39, 0.29) is 13.2 Å². The van der Waals surface area contributed by atoms with Gasteiger partial charge in [0.1, 0.15) is 6.10 Å². The summed E-state index contributed by atoms with van der Waals surface area (Å²) in [6, 6.07) is 0. The van der Waals surface area contributed by atoms with Crippen LogP contribution in [0.1, 0.15) is 77.6 Å². The number of hydrogen-bond donors (Lipinski definition) is 2. The number of hydrogen-bond acceptors (Lipinski definition) is 4. The van der Waals surface area contributed by atoms with Gasteiger partial charge < -0.3 is 19.7 Å². The molecule has 0 saturated heterocycles. The summed E-state index contributed by atoms with van der Waals surface area (Å²) in [6.07, 6.45) is 13.3. The van der Waals surface area contributed by atoms with Crippen molar-refractivity contribution in [1.82, 2.24) is 0 Å². The van der Waals surface area contributed by atoms with Crippen LogP contribution in [0.4, 0.5) is 0 Å². The Morgan fingerprint density at radius 1 is 0.682 bits per heavy atom. The molecular weight excluding hydrogens is 280 g/mol. The molecule has 0 heterocycles. The maximum Gasteiger partial charge on any atom is 0.101 e. The number of rotatable bonds is 18. The zero-order valence-corrected chi connectivity index (χ0v) is 14.6. The smallest absolute Gasteiger partial charge is 0.101 e. The molecule has 0 amide bonds. The fourth-order valence-electron chi connectivity index (χ4n) is 2.35. The molecule has 0 aliphatic rings. The molecule has 4 heteroatoms. The fraction of sp³-hybridized carbons (Fsp3) is 1.00. The summed E-state index contributed by atoms with van der Waals surface area (Å²) in [7, 11) is 0. The predicted octanol–water partition coefficient (Wildman–Crippen LogP) is 3.68. The Kier molecular flexibility index (Phi) is 18.8. The van der Waals surface area contributed by atoms with Gasteiger partial charge in [-0.05, 0) is 12.8 Å². The van der Waals surface area contributed by atoms with Gasteiger partial charge in [-0.3, -0.25) is 0 Å². The van der Waals surface area contributed by atoms with Crippen molar-refractivity contribution in [2.24, 2.45) is 0 Å². The van der Waals surface area contributed by atoms with Crippen LogP contribution < -0.4 is 0 Å². The summed E-state index contributed by atoms with van der Waals surface area (Å²) in [6.45, 7) is 4.24.